The normalized spacial score (nSPS) is 15.0. The number of nitrogens with zero attached hydrogens (tertiary/aromatic N) is 1. The molecule has 0 saturated heterocycles. The van der Waals surface area contributed by atoms with Crippen molar-refractivity contribution in [3.05, 3.63) is 52.2 Å². The summed E-state index contributed by atoms with van der Waals surface area (Å²) in [5.41, 5.74) is 1.97. The molecule has 26 heavy (non-hydrogen) atoms. The maximum atomic E-state index is 12.3. The van der Waals surface area contributed by atoms with Gasteiger partial charge >= 0.3 is 0 Å². The second-order valence-electron chi connectivity index (χ2n) is 6.53. The highest BCUT2D eigenvalue weighted by molar-refractivity contribution is 7.09. The van der Waals surface area contributed by atoms with E-state index in [1.807, 2.05) is 30.3 Å². The summed E-state index contributed by atoms with van der Waals surface area (Å²) in [5.74, 6) is 1.09. The van der Waals surface area contributed by atoms with Gasteiger partial charge in [-0.3, -0.25) is 9.79 Å². The van der Waals surface area contributed by atoms with Crippen LogP contribution in [0.5, 0.6) is 0 Å². The summed E-state index contributed by atoms with van der Waals surface area (Å²) in [6, 6.07) is 12.1. The van der Waals surface area contributed by atoms with Gasteiger partial charge in [-0.2, -0.15) is 0 Å². The highest BCUT2D eigenvalue weighted by Crippen LogP contribution is 2.26. The molecule has 0 aliphatic heterocycles. The molecule has 0 atom stereocenters. The van der Waals surface area contributed by atoms with Crippen LogP contribution >= 0.6 is 11.3 Å². The first-order valence-corrected chi connectivity index (χ1v) is 9.99. The van der Waals surface area contributed by atoms with Crippen LogP contribution in [0.3, 0.4) is 0 Å². The van der Waals surface area contributed by atoms with Crippen molar-refractivity contribution in [1.82, 2.24) is 10.6 Å². The van der Waals surface area contributed by atoms with Crippen LogP contribution < -0.4 is 16.0 Å². The fourth-order valence-electron chi connectivity index (χ4n) is 3.18. The van der Waals surface area contributed by atoms with Crippen molar-refractivity contribution in [2.75, 3.05) is 12.4 Å². The summed E-state index contributed by atoms with van der Waals surface area (Å²) in [4.78, 5) is 17.8. The Balaban J connectivity index is 1.50. The second kappa shape index (κ2) is 9.38. The number of nitrogens with one attached hydrogen (secondary N) is 3. The number of hydrogen-bond donors (Lipinski definition) is 3. The van der Waals surface area contributed by atoms with E-state index in [1.165, 1.54) is 17.7 Å². The van der Waals surface area contributed by atoms with Crippen molar-refractivity contribution < 1.29 is 4.79 Å². The third-order valence-electron chi connectivity index (χ3n) is 4.61. The molecular weight excluding hydrogens is 344 g/mol. The molecule has 1 aliphatic carbocycles. The lowest BCUT2D eigenvalue weighted by Crippen LogP contribution is -2.36. The fourth-order valence-corrected chi connectivity index (χ4v) is 3.83. The first-order valence-electron chi connectivity index (χ1n) is 9.11. The largest absolute Gasteiger partial charge is 0.352 e. The van der Waals surface area contributed by atoms with Crippen LogP contribution in [0, 0.1) is 5.92 Å². The van der Waals surface area contributed by atoms with E-state index in [9.17, 15) is 4.79 Å². The van der Waals surface area contributed by atoms with Gasteiger partial charge in [-0.1, -0.05) is 31.0 Å². The molecule has 1 heterocycles. The number of anilines is 1. The molecule has 2 aromatic rings. The molecule has 138 valence electrons. The van der Waals surface area contributed by atoms with Gasteiger partial charge < -0.3 is 16.0 Å². The predicted octanol–water partition coefficient (Wildman–Crippen LogP) is 3.74. The van der Waals surface area contributed by atoms with Crippen molar-refractivity contribution >= 4 is 28.9 Å². The Morgan fingerprint density at radius 2 is 1.96 bits per heavy atom. The molecule has 1 amide bonds. The number of guanidine groups is 1. The molecule has 0 radical (unpaired) electrons. The molecule has 3 N–H and O–H groups in total. The van der Waals surface area contributed by atoms with Crippen LogP contribution in [0.15, 0.2) is 46.8 Å². The number of carbonyl (C=O) groups is 1. The molecule has 3 rings (SSSR count). The van der Waals surface area contributed by atoms with Crippen LogP contribution in [-0.4, -0.2) is 18.9 Å². The van der Waals surface area contributed by atoms with E-state index in [0.717, 1.165) is 36.6 Å². The zero-order chi connectivity index (χ0) is 18.2. The smallest absolute Gasteiger partial charge is 0.227 e. The molecular formula is C20H26N4OS. The van der Waals surface area contributed by atoms with Crippen LogP contribution in [0.4, 0.5) is 5.69 Å². The maximum absolute atomic E-state index is 12.3. The number of rotatable bonds is 6. The number of amides is 1. The Labute approximate surface area is 158 Å². The van der Waals surface area contributed by atoms with E-state index in [1.54, 1.807) is 18.4 Å². The Morgan fingerprint density at radius 1 is 1.15 bits per heavy atom. The minimum Gasteiger partial charge on any atom is -0.352 e. The third-order valence-corrected chi connectivity index (χ3v) is 5.49. The minimum atomic E-state index is 0.154. The summed E-state index contributed by atoms with van der Waals surface area (Å²) in [6.07, 6.45) is 4.36. The van der Waals surface area contributed by atoms with Gasteiger partial charge in [-0.05, 0) is 42.0 Å². The molecule has 1 aliphatic rings. The lowest BCUT2D eigenvalue weighted by atomic mass is 10.1. The monoisotopic (exact) mass is 370 g/mol. The van der Waals surface area contributed by atoms with Gasteiger partial charge in [-0.15, -0.1) is 11.3 Å². The molecule has 1 saturated carbocycles. The molecule has 5 nitrogen and oxygen atoms in total. The zero-order valence-corrected chi connectivity index (χ0v) is 15.9. The minimum absolute atomic E-state index is 0.154. The van der Waals surface area contributed by atoms with Crippen LogP contribution in [-0.2, 0) is 17.9 Å². The molecule has 1 aromatic carbocycles. The molecule has 0 spiro atoms. The summed E-state index contributed by atoms with van der Waals surface area (Å²) in [7, 11) is 1.77. The van der Waals surface area contributed by atoms with E-state index < -0.39 is 0 Å². The molecule has 1 fully saturated rings. The van der Waals surface area contributed by atoms with Gasteiger partial charge in [0, 0.05) is 30.1 Å². The van der Waals surface area contributed by atoms with Crippen LogP contribution in [0.25, 0.3) is 0 Å². The van der Waals surface area contributed by atoms with E-state index in [0.29, 0.717) is 6.54 Å². The third kappa shape index (κ3) is 5.33. The van der Waals surface area contributed by atoms with Crippen molar-refractivity contribution in [1.29, 1.82) is 0 Å². The SMILES string of the molecule is CN=C(NCc1cccc(NC(=O)C2CCCC2)c1)NCc1cccs1. The predicted molar refractivity (Wildman–Crippen MR) is 108 cm³/mol. The Bertz CT molecular complexity index is 736. The van der Waals surface area contributed by atoms with Gasteiger partial charge in [0.25, 0.3) is 0 Å². The highest BCUT2D eigenvalue weighted by atomic mass is 32.1. The number of carbonyl (C=O) groups excluding carboxylic acids is 1. The molecule has 0 bridgehead atoms. The molecule has 1 aromatic heterocycles. The van der Waals surface area contributed by atoms with Gasteiger partial charge in [-0.25, -0.2) is 0 Å². The van der Waals surface area contributed by atoms with E-state index in [4.69, 9.17) is 0 Å². The van der Waals surface area contributed by atoms with Gasteiger partial charge in [0.05, 0.1) is 6.54 Å². The van der Waals surface area contributed by atoms with E-state index in [2.05, 4.69) is 32.4 Å². The quantitative estimate of drug-likeness (QED) is 0.536. The molecule has 6 heteroatoms. The van der Waals surface area contributed by atoms with E-state index in [-0.39, 0.29) is 11.8 Å². The van der Waals surface area contributed by atoms with Crippen molar-refractivity contribution in [3.63, 3.8) is 0 Å². The summed E-state index contributed by atoms with van der Waals surface area (Å²) >= 11 is 1.72. The number of benzene rings is 1. The van der Waals surface area contributed by atoms with Crippen molar-refractivity contribution in [3.8, 4) is 0 Å². The Morgan fingerprint density at radius 3 is 2.69 bits per heavy atom. The standard InChI is InChI=1S/C20H26N4OS/c1-21-20(23-14-18-10-5-11-26-18)22-13-15-6-4-9-17(12-15)24-19(25)16-7-2-3-8-16/h4-6,9-12,16H,2-3,7-8,13-14H2,1H3,(H,24,25)(H2,21,22,23). The zero-order valence-electron chi connectivity index (χ0n) is 15.1. The maximum Gasteiger partial charge on any atom is 0.227 e. The Hall–Kier alpha value is -2.34. The lowest BCUT2D eigenvalue weighted by Gasteiger charge is -2.13. The van der Waals surface area contributed by atoms with Gasteiger partial charge in [0.1, 0.15) is 0 Å². The topological polar surface area (TPSA) is 65.5 Å². The van der Waals surface area contributed by atoms with Crippen molar-refractivity contribution in [2.45, 2.75) is 38.8 Å². The number of hydrogen-bond acceptors (Lipinski definition) is 3. The number of thiophene rings is 1. The second-order valence-corrected chi connectivity index (χ2v) is 7.56. The first kappa shape index (κ1) is 18.5. The Kier molecular flexibility index (Phi) is 6.66. The van der Waals surface area contributed by atoms with Crippen molar-refractivity contribution in [2.24, 2.45) is 10.9 Å². The summed E-state index contributed by atoms with van der Waals surface area (Å²) < 4.78 is 0. The van der Waals surface area contributed by atoms with Gasteiger partial charge in [0.2, 0.25) is 5.91 Å². The number of aliphatic imine (C=N–C) groups is 1. The first-order chi connectivity index (χ1) is 12.7. The summed E-state index contributed by atoms with van der Waals surface area (Å²) in [5, 5.41) is 11.7. The average molecular weight is 371 g/mol. The fraction of sp³-hybridized carbons (Fsp3) is 0.400. The van der Waals surface area contributed by atoms with Gasteiger partial charge in [0.15, 0.2) is 5.96 Å². The average Bonchev–Trinajstić information content (AvgIpc) is 3.36. The van der Waals surface area contributed by atoms with Crippen LogP contribution in [0.2, 0.25) is 0 Å². The van der Waals surface area contributed by atoms with E-state index >= 15 is 0 Å². The molecule has 0 unspecified atom stereocenters. The van der Waals surface area contributed by atoms with Crippen LogP contribution in [0.1, 0.15) is 36.1 Å². The highest BCUT2D eigenvalue weighted by Gasteiger charge is 2.22. The summed E-state index contributed by atoms with van der Waals surface area (Å²) in [6.45, 7) is 1.41. The lowest BCUT2D eigenvalue weighted by molar-refractivity contribution is -0.119.